The molecule has 0 aliphatic carbocycles. The average Bonchev–Trinajstić information content (AvgIpc) is 2.16. The zero-order chi connectivity index (χ0) is 11.6. The van der Waals surface area contributed by atoms with Crippen molar-refractivity contribution in [3.8, 4) is 0 Å². The zero-order valence-corrected chi connectivity index (χ0v) is 9.47. The van der Waals surface area contributed by atoms with Crippen LogP contribution in [0.5, 0.6) is 0 Å². The highest BCUT2D eigenvalue weighted by Crippen LogP contribution is 2.26. The van der Waals surface area contributed by atoms with Crippen molar-refractivity contribution in [2.45, 2.75) is 33.2 Å². The molecule has 0 aliphatic rings. The van der Waals surface area contributed by atoms with E-state index < -0.39 is 6.04 Å². The quantitative estimate of drug-likeness (QED) is 0.804. The number of aliphatic hydroxyl groups excluding tert-OH is 1. The van der Waals surface area contributed by atoms with Crippen molar-refractivity contribution in [2.75, 3.05) is 6.61 Å². The number of nitrogens with two attached hydrogens (primary N) is 1. The van der Waals surface area contributed by atoms with Crippen LogP contribution in [0.4, 0.5) is 4.39 Å². The molecule has 0 saturated carbocycles. The Morgan fingerprint density at radius 1 is 1.33 bits per heavy atom. The van der Waals surface area contributed by atoms with Crippen LogP contribution in [0.1, 0.15) is 34.7 Å². The molecule has 0 aliphatic heterocycles. The van der Waals surface area contributed by atoms with Crippen LogP contribution in [0.2, 0.25) is 0 Å². The average molecular weight is 211 g/mol. The highest BCUT2D eigenvalue weighted by Gasteiger charge is 2.17. The molecule has 0 amide bonds. The van der Waals surface area contributed by atoms with Crippen LogP contribution in [0.3, 0.4) is 0 Å². The molecule has 0 heterocycles. The highest BCUT2D eigenvalue weighted by atomic mass is 19.1. The third kappa shape index (κ3) is 2.36. The molecule has 0 fully saturated rings. The van der Waals surface area contributed by atoms with Gasteiger partial charge in [0.05, 0.1) is 0 Å². The molecule has 0 bridgehead atoms. The van der Waals surface area contributed by atoms with Crippen LogP contribution in [0, 0.1) is 26.6 Å². The van der Waals surface area contributed by atoms with E-state index in [0.29, 0.717) is 17.5 Å². The minimum atomic E-state index is -0.423. The minimum absolute atomic E-state index is 0.0208. The van der Waals surface area contributed by atoms with E-state index in [1.165, 1.54) is 0 Å². The van der Waals surface area contributed by atoms with Crippen LogP contribution >= 0.6 is 0 Å². The number of hydrogen-bond acceptors (Lipinski definition) is 2. The lowest BCUT2D eigenvalue weighted by Gasteiger charge is -2.18. The van der Waals surface area contributed by atoms with Gasteiger partial charge in [-0.3, -0.25) is 0 Å². The van der Waals surface area contributed by atoms with E-state index in [1.807, 2.05) is 19.9 Å². The SMILES string of the molecule is Cc1cc(C)c(F)c(C(N)CCO)c1C. The fraction of sp³-hybridized carbons (Fsp3) is 0.500. The number of hydrogen-bond donors (Lipinski definition) is 2. The summed E-state index contributed by atoms with van der Waals surface area (Å²) in [5.41, 5.74) is 8.93. The van der Waals surface area contributed by atoms with Crippen molar-refractivity contribution in [3.63, 3.8) is 0 Å². The van der Waals surface area contributed by atoms with Crippen LogP contribution in [-0.2, 0) is 0 Å². The molecule has 0 spiro atoms. The van der Waals surface area contributed by atoms with Crippen LogP contribution in [0.15, 0.2) is 6.07 Å². The third-order valence-electron chi connectivity index (χ3n) is 2.82. The molecule has 1 aromatic rings. The van der Waals surface area contributed by atoms with Gasteiger partial charge in [0.15, 0.2) is 0 Å². The molecule has 1 rings (SSSR count). The lowest BCUT2D eigenvalue weighted by molar-refractivity contribution is 0.275. The van der Waals surface area contributed by atoms with Gasteiger partial charge in [0, 0.05) is 18.2 Å². The van der Waals surface area contributed by atoms with Gasteiger partial charge in [-0.05, 0) is 43.9 Å². The molecule has 0 saturated heterocycles. The van der Waals surface area contributed by atoms with E-state index >= 15 is 0 Å². The Hall–Kier alpha value is -0.930. The third-order valence-corrected chi connectivity index (χ3v) is 2.82. The molecule has 2 nitrogen and oxygen atoms in total. The van der Waals surface area contributed by atoms with Crippen molar-refractivity contribution in [2.24, 2.45) is 5.73 Å². The summed E-state index contributed by atoms with van der Waals surface area (Å²) in [5.74, 6) is -0.237. The van der Waals surface area contributed by atoms with E-state index in [-0.39, 0.29) is 12.4 Å². The number of rotatable bonds is 3. The maximum atomic E-state index is 13.9. The van der Waals surface area contributed by atoms with E-state index in [9.17, 15) is 4.39 Å². The van der Waals surface area contributed by atoms with Crippen molar-refractivity contribution < 1.29 is 9.50 Å². The van der Waals surface area contributed by atoms with Crippen LogP contribution in [0.25, 0.3) is 0 Å². The van der Waals surface area contributed by atoms with Crippen molar-refractivity contribution in [1.82, 2.24) is 0 Å². The number of aliphatic hydroxyl groups is 1. The summed E-state index contributed by atoms with van der Waals surface area (Å²) in [6.07, 6.45) is 0.390. The minimum Gasteiger partial charge on any atom is -0.396 e. The second kappa shape index (κ2) is 4.73. The maximum Gasteiger partial charge on any atom is 0.131 e. The van der Waals surface area contributed by atoms with E-state index in [4.69, 9.17) is 10.8 Å². The fourth-order valence-electron chi connectivity index (χ4n) is 1.81. The largest absolute Gasteiger partial charge is 0.396 e. The number of halogens is 1. The molecule has 84 valence electrons. The predicted molar refractivity (Wildman–Crippen MR) is 59.2 cm³/mol. The van der Waals surface area contributed by atoms with Gasteiger partial charge in [-0.15, -0.1) is 0 Å². The lowest BCUT2D eigenvalue weighted by Crippen LogP contribution is -2.16. The van der Waals surface area contributed by atoms with E-state index in [0.717, 1.165) is 11.1 Å². The molecule has 0 radical (unpaired) electrons. The monoisotopic (exact) mass is 211 g/mol. The highest BCUT2D eigenvalue weighted by molar-refractivity contribution is 5.40. The first kappa shape index (κ1) is 12.1. The van der Waals surface area contributed by atoms with Crippen molar-refractivity contribution >= 4 is 0 Å². The Balaban J connectivity index is 3.26. The Bertz CT molecular complexity index is 337. The van der Waals surface area contributed by atoms with Gasteiger partial charge >= 0.3 is 0 Å². The van der Waals surface area contributed by atoms with Gasteiger partial charge in [0.1, 0.15) is 5.82 Å². The number of benzene rings is 1. The van der Waals surface area contributed by atoms with Gasteiger partial charge in [0.25, 0.3) is 0 Å². The lowest BCUT2D eigenvalue weighted by atomic mass is 9.93. The van der Waals surface area contributed by atoms with E-state index in [1.54, 1.807) is 6.92 Å². The zero-order valence-electron chi connectivity index (χ0n) is 9.47. The summed E-state index contributed by atoms with van der Waals surface area (Å²) in [6, 6.07) is 1.40. The summed E-state index contributed by atoms with van der Waals surface area (Å²) in [4.78, 5) is 0. The van der Waals surface area contributed by atoms with E-state index in [2.05, 4.69) is 0 Å². The summed E-state index contributed by atoms with van der Waals surface area (Å²) in [5, 5.41) is 8.82. The Morgan fingerprint density at radius 2 is 1.93 bits per heavy atom. The van der Waals surface area contributed by atoms with Crippen molar-refractivity contribution in [1.29, 1.82) is 0 Å². The maximum absolute atomic E-state index is 13.9. The normalized spacial score (nSPS) is 12.9. The van der Waals surface area contributed by atoms with Gasteiger partial charge in [-0.2, -0.15) is 0 Å². The molecule has 1 atom stereocenters. The van der Waals surface area contributed by atoms with Crippen LogP contribution < -0.4 is 5.73 Å². The van der Waals surface area contributed by atoms with Gasteiger partial charge in [-0.1, -0.05) is 6.07 Å². The number of aryl methyl sites for hydroxylation is 2. The van der Waals surface area contributed by atoms with Crippen LogP contribution in [-0.4, -0.2) is 11.7 Å². The van der Waals surface area contributed by atoms with Gasteiger partial charge in [0.2, 0.25) is 0 Å². The summed E-state index contributed by atoms with van der Waals surface area (Å²) in [6.45, 7) is 5.52. The first-order chi connectivity index (χ1) is 6.99. The van der Waals surface area contributed by atoms with Gasteiger partial charge in [-0.25, -0.2) is 4.39 Å². The Morgan fingerprint density at radius 3 is 2.47 bits per heavy atom. The molecule has 1 unspecified atom stereocenters. The standard InChI is InChI=1S/C12H18FNO/c1-7-6-8(2)12(13)11(9(7)3)10(14)4-5-15/h6,10,15H,4-5,14H2,1-3H3. The summed E-state index contributed by atoms with van der Waals surface area (Å²) in [7, 11) is 0. The molecule has 15 heavy (non-hydrogen) atoms. The Labute approximate surface area is 89.9 Å². The Kier molecular flexibility index (Phi) is 3.83. The predicted octanol–water partition coefficient (Wildman–Crippen LogP) is 2.13. The molecular formula is C12H18FNO. The van der Waals surface area contributed by atoms with Crippen molar-refractivity contribution in [3.05, 3.63) is 34.1 Å². The summed E-state index contributed by atoms with van der Waals surface area (Å²) < 4.78 is 13.9. The molecular weight excluding hydrogens is 193 g/mol. The second-order valence-corrected chi connectivity index (χ2v) is 3.98. The first-order valence-corrected chi connectivity index (χ1v) is 5.11. The molecule has 3 heteroatoms. The van der Waals surface area contributed by atoms with Gasteiger partial charge < -0.3 is 10.8 Å². The first-order valence-electron chi connectivity index (χ1n) is 5.11. The second-order valence-electron chi connectivity index (χ2n) is 3.98. The topological polar surface area (TPSA) is 46.2 Å². The molecule has 3 N–H and O–H groups in total. The smallest absolute Gasteiger partial charge is 0.131 e. The fourth-order valence-corrected chi connectivity index (χ4v) is 1.81. The summed E-state index contributed by atoms with van der Waals surface area (Å²) >= 11 is 0. The molecule has 0 aromatic heterocycles. The molecule has 1 aromatic carbocycles.